The molecular formula is C9H8N2O. The van der Waals surface area contributed by atoms with Crippen molar-refractivity contribution >= 4 is 16.5 Å². The molecule has 0 unspecified atom stereocenters. The number of rotatable bonds is 0. The maximum atomic E-state index is 10.9. The van der Waals surface area contributed by atoms with Crippen LogP contribution in [0.4, 0.5) is 5.69 Å². The van der Waals surface area contributed by atoms with E-state index < -0.39 is 0 Å². The Hall–Kier alpha value is -1.77. The molecule has 3 heteroatoms. The molecule has 0 aliphatic heterocycles. The molecule has 0 spiro atoms. The van der Waals surface area contributed by atoms with E-state index in [2.05, 4.69) is 0 Å². The van der Waals surface area contributed by atoms with Crippen LogP contribution in [0.2, 0.25) is 0 Å². The van der Waals surface area contributed by atoms with Gasteiger partial charge in [-0.2, -0.15) is 4.73 Å². The van der Waals surface area contributed by atoms with Crippen LogP contribution in [0.5, 0.6) is 0 Å². The smallest absolute Gasteiger partial charge is 0.203 e. The molecule has 2 aromatic rings. The first-order valence-corrected chi connectivity index (χ1v) is 3.64. The van der Waals surface area contributed by atoms with Gasteiger partial charge >= 0.3 is 0 Å². The highest BCUT2D eigenvalue weighted by Crippen LogP contribution is 2.16. The second-order valence-electron chi connectivity index (χ2n) is 2.66. The summed E-state index contributed by atoms with van der Waals surface area (Å²) in [6.45, 7) is 0. The van der Waals surface area contributed by atoms with Gasteiger partial charge in [-0.05, 0) is 6.07 Å². The summed E-state index contributed by atoms with van der Waals surface area (Å²) in [7, 11) is 0. The fraction of sp³-hybridized carbons (Fsp3) is 0. The van der Waals surface area contributed by atoms with Crippen LogP contribution in [0.1, 0.15) is 0 Å². The Balaban J connectivity index is 2.89. The maximum absolute atomic E-state index is 10.9. The van der Waals surface area contributed by atoms with Crippen LogP contribution >= 0.6 is 0 Å². The molecule has 12 heavy (non-hydrogen) atoms. The van der Waals surface area contributed by atoms with Gasteiger partial charge in [0.05, 0.1) is 0 Å². The fourth-order valence-electron chi connectivity index (χ4n) is 1.25. The normalized spacial score (nSPS) is 10.3. The molecule has 0 aliphatic rings. The van der Waals surface area contributed by atoms with Crippen LogP contribution in [-0.4, -0.2) is 0 Å². The highest BCUT2D eigenvalue weighted by atomic mass is 16.5. The molecule has 2 N–H and O–H groups in total. The van der Waals surface area contributed by atoms with Gasteiger partial charge in [0.1, 0.15) is 5.69 Å². The third kappa shape index (κ3) is 0.955. The van der Waals surface area contributed by atoms with E-state index in [-0.39, 0.29) is 0 Å². The van der Waals surface area contributed by atoms with E-state index in [0.717, 1.165) is 15.5 Å². The zero-order valence-electron chi connectivity index (χ0n) is 6.40. The highest BCUT2D eigenvalue weighted by molar-refractivity contribution is 5.90. The average molecular weight is 160 g/mol. The summed E-state index contributed by atoms with van der Waals surface area (Å²) >= 11 is 0. The van der Waals surface area contributed by atoms with Crippen molar-refractivity contribution in [3.8, 4) is 0 Å². The zero-order chi connectivity index (χ0) is 8.55. The quantitative estimate of drug-likeness (QED) is 0.462. The van der Waals surface area contributed by atoms with Crippen molar-refractivity contribution in [1.29, 1.82) is 0 Å². The second kappa shape index (κ2) is 2.37. The minimum absolute atomic E-state index is 0.517. The Morgan fingerprint density at radius 3 is 2.75 bits per heavy atom. The molecule has 0 saturated carbocycles. The Bertz CT molecular complexity index is 426. The number of nitrogens with zero attached hydrogens (tertiary/aromatic N) is 1. The maximum Gasteiger partial charge on any atom is 0.203 e. The summed E-state index contributed by atoms with van der Waals surface area (Å²) in [5.41, 5.74) is 6.15. The number of hydrogen-bond donors (Lipinski definition) is 1. The van der Waals surface area contributed by atoms with Gasteiger partial charge in [-0.25, -0.2) is 0 Å². The number of benzene rings is 1. The van der Waals surface area contributed by atoms with Gasteiger partial charge in [0, 0.05) is 10.8 Å². The van der Waals surface area contributed by atoms with Crippen molar-refractivity contribution in [2.75, 3.05) is 5.73 Å². The van der Waals surface area contributed by atoms with Crippen molar-refractivity contribution < 1.29 is 4.73 Å². The largest absolute Gasteiger partial charge is 0.619 e. The Morgan fingerprint density at radius 2 is 1.92 bits per heavy atom. The molecule has 0 fully saturated rings. The van der Waals surface area contributed by atoms with Gasteiger partial charge in [-0.1, -0.05) is 18.2 Å². The number of hydrogen-bond acceptors (Lipinski definition) is 2. The van der Waals surface area contributed by atoms with Gasteiger partial charge in [-0.3, -0.25) is 0 Å². The fourth-order valence-corrected chi connectivity index (χ4v) is 1.25. The minimum atomic E-state index is 0.517. The number of fused-ring (bicyclic) bond motifs is 1. The van der Waals surface area contributed by atoms with Crippen molar-refractivity contribution in [2.24, 2.45) is 0 Å². The van der Waals surface area contributed by atoms with Crippen LogP contribution in [0.25, 0.3) is 10.8 Å². The van der Waals surface area contributed by atoms with Crippen LogP contribution in [-0.2, 0) is 0 Å². The van der Waals surface area contributed by atoms with Crippen molar-refractivity contribution in [3.05, 3.63) is 41.9 Å². The number of aromatic nitrogens is 1. The van der Waals surface area contributed by atoms with Gasteiger partial charge in [0.25, 0.3) is 0 Å². The SMILES string of the molecule is Nc1c[n+]([O-])cc2ccccc12. The van der Waals surface area contributed by atoms with E-state index in [0.29, 0.717) is 5.69 Å². The predicted octanol–water partition coefficient (Wildman–Crippen LogP) is 1.06. The molecule has 1 heterocycles. The Labute approximate surface area is 69.6 Å². The van der Waals surface area contributed by atoms with E-state index in [1.165, 1.54) is 12.4 Å². The Morgan fingerprint density at radius 1 is 1.17 bits per heavy atom. The molecule has 0 bridgehead atoms. The van der Waals surface area contributed by atoms with Gasteiger partial charge in [-0.15, -0.1) is 0 Å². The lowest BCUT2D eigenvalue weighted by Crippen LogP contribution is -2.25. The standard InChI is InChI=1S/C9H8N2O/c10-9-6-11(12)5-7-3-1-2-4-8(7)9/h1-6H,10H2. The number of pyridine rings is 1. The molecule has 1 aromatic heterocycles. The molecule has 3 nitrogen and oxygen atoms in total. The highest BCUT2D eigenvalue weighted by Gasteiger charge is 2.01. The topological polar surface area (TPSA) is 53.0 Å². The van der Waals surface area contributed by atoms with Gasteiger partial charge < -0.3 is 10.9 Å². The minimum Gasteiger partial charge on any atom is -0.619 e. The van der Waals surface area contributed by atoms with E-state index in [1.807, 2.05) is 24.3 Å². The van der Waals surface area contributed by atoms with Crippen LogP contribution in [0.3, 0.4) is 0 Å². The third-order valence-electron chi connectivity index (χ3n) is 1.80. The lowest BCUT2D eigenvalue weighted by atomic mass is 10.1. The summed E-state index contributed by atoms with van der Waals surface area (Å²) < 4.78 is 0.720. The van der Waals surface area contributed by atoms with Gasteiger partial charge in [0.2, 0.25) is 6.20 Å². The van der Waals surface area contributed by atoms with Crippen molar-refractivity contribution in [3.63, 3.8) is 0 Å². The number of anilines is 1. The lowest BCUT2D eigenvalue weighted by molar-refractivity contribution is -0.603. The van der Waals surface area contributed by atoms with Crippen LogP contribution in [0, 0.1) is 5.21 Å². The first-order chi connectivity index (χ1) is 5.77. The molecule has 60 valence electrons. The number of nitrogen functional groups attached to an aromatic ring is 1. The summed E-state index contributed by atoms with van der Waals surface area (Å²) in [6.07, 6.45) is 2.87. The van der Waals surface area contributed by atoms with Crippen molar-refractivity contribution in [1.82, 2.24) is 0 Å². The molecule has 0 aliphatic carbocycles. The number of nitrogens with two attached hydrogens (primary N) is 1. The van der Waals surface area contributed by atoms with Crippen LogP contribution < -0.4 is 10.5 Å². The summed E-state index contributed by atoms with van der Waals surface area (Å²) in [4.78, 5) is 0. The van der Waals surface area contributed by atoms with Crippen LogP contribution in [0.15, 0.2) is 36.7 Å². The second-order valence-corrected chi connectivity index (χ2v) is 2.66. The Kier molecular flexibility index (Phi) is 1.37. The molecule has 0 amide bonds. The predicted molar refractivity (Wildman–Crippen MR) is 47.3 cm³/mol. The zero-order valence-corrected chi connectivity index (χ0v) is 6.40. The molecule has 0 atom stereocenters. The molecule has 0 saturated heterocycles. The summed E-state index contributed by atoms with van der Waals surface area (Å²) in [5.74, 6) is 0. The first kappa shape index (κ1) is 6.91. The monoisotopic (exact) mass is 160 g/mol. The average Bonchev–Trinajstić information content (AvgIpc) is 2.04. The molecule has 2 rings (SSSR count). The molecule has 1 aromatic carbocycles. The van der Waals surface area contributed by atoms with E-state index in [4.69, 9.17) is 5.73 Å². The van der Waals surface area contributed by atoms with E-state index in [1.54, 1.807) is 0 Å². The third-order valence-corrected chi connectivity index (χ3v) is 1.80. The van der Waals surface area contributed by atoms with Gasteiger partial charge in [0.15, 0.2) is 6.20 Å². The summed E-state index contributed by atoms with van der Waals surface area (Å²) in [5, 5.41) is 12.7. The summed E-state index contributed by atoms with van der Waals surface area (Å²) in [6, 6.07) is 7.53. The van der Waals surface area contributed by atoms with E-state index in [9.17, 15) is 5.21 Å². The molecular weight excluding hydrogens is 152 g/mol. The lowest BCUT2D eigenvalue weighted by Gasteiger charge is -2.01. The van der Waals surface area contributed by atoms with Crippen molar-refractivity contribution in [2.45, 2.75) is 0 Å². The first-order valence-electron chi connectivity index (χ1n) is 3.64. The van der Waals surface area contributed by atoms with E-state index >= 15 is 0 Å². The molecule has 0 radical (unpaired) electrons.